The average Bonchev–Trinajstić information content (AvgIpc) is 2.29. The molecule has 0 bridgehead atoms. The average molecular weight is 336 g/mol. The molecule has 0 aromatic rings. The van der Waals surface area contributed by atoms with Gasteiger partial charge in [-0.3, -0.25) is 0 Å². The van der Waals surface area contributed by atoms with Gasteiger partial charge in [0.2, 0.25) is 0 Å². The van der Waals surface area contributed by atoms with Crippen LogP contribution in [0.25, 0.3) is 0 Å². The number of carboxylic acid groups (broad SMARTS) is 2. The Morgan fingerprint density at radius 1 is 0.895 bits per heavy atom. The predicted octanol–water partition coefficient (Wildman–Crippen LogP) is -5.44. The van der Waals surface area contributed by atoms with Crippen molar-refractivity contribution in [2.75, 3.05) is 13.2 Å². The summed E-state index contributed by atoms with van der Waals surface area (Å²) >= 11 is 0. The second kappa shape index (κ2) is 17.4. The molecule has 0 heterocycles. The summed E-state index contributed by atoms with van der Waals surface area (Å²) in [5, 5.41) is 58.6. The monoisotopic (exact) mass is 334 g/mol. The Morgan fingerprint density at radius 2 is 1.05 bits per heavy atom. The van der Waals surface area contributed by atoms with E-state index in [-0.39, 0.29) is 32.7 Å². The third kappa shape index (κ3) is 31.7. The second-order valence-corrected chi connectivity index (χ2v) is 3.01. The molecule has 10 heteroatoms. The smallest absolute Gasteiger partial charge is 0.547 e. The van der Waals surface area contributed by atoms with E-state index in [1.807, 2.05) is 0 Å². The van der Waals surface area contributed by atoms with Crippen LogP contribution in [0.4, 0.5) is 0 Å². The molecule has 0 aromatic heterocycles. The number of carbonyl (C=O) groups is 2. The van der Waals surface area contributed by atoms with E-state index in [0.717, 1.165) is 13.8 Å². The van der Waals surface area contributed by atoms with Gasteiger partial charge in [-0.1, -0.05) is 0 Å². The molecule has 0 rings (SSSR count). The van der Waals surface area contributed by atoms with Crippen molar-refractivity contribution in [1.82, 2.24) is 0 Å². The van der Waals surface area contributed by atoms with E-state index in [9.17, 15) is 19.8 Å². The topological polar surface area (TPSA) is 181 Å². The van der Waals surface area contributed by atoms with E-state index in [2.05, 4.69) is 0 Å². The molecule has 0 aliphatic heterocycles. The number of hydrogen-bond acceptors (Lipinski definition) is 9. The zero-order chi connectivity index (χ0) is 15.3. The van der Waals surface area contributed by atoms with Gasteiger partial charge in [0, 0.05) is 0 Å². The minimum Gasteiger partial charge on any atom is -0.547 e. The van der Waals surface area contributed by atoms with Gasteiger partial charge in [-0.15, -0.1) is 0 Å². The summed E-state index contributed by atoms with van der Waals surface area (Å²) in [4.78, 5) is 18.7. The van der Waals surface area contributed by atoms with Gasteiger partial charge in [0.25, 0.3) is 0 Å². The predicted molar refractivity (Wildman–Crippen MR) is 53.6 cm³/mol. The van der Waals surface area contributed by atoms with Crippen LogP contribution in [-0.2, 0) is 29.1 Å². The molecule has 0 aromatic carbocycles. The van der Waals surface area contributed by atoms with Crippen LogP contribution in [0.3, 0.4) is 0 Å². The zero-order valence-electron chi connectivity index (χ0n) is 10.7. The molecule has 5 N–H and O–H groups in total. The van der Waals surface area contributed by atoms with Crippen molar-refractivity contribution in [1.29, 1.82) is 0 Å². The molecule has 0 aliphatic rings. The Labute approximate surface area is 122 Å². The van der Waals surface area contributed by atoms with Crippen LogP contribution in [0.1, 0.15) is 13.8 Å². The van der Waals surface area contributed by atoms with Crippen molar-refractivity contribution >= 4 is 11.9 Å². The summed E-state index contributed by atoms with van der Waals surface area (Å²) in [5.74, 6) is -2.87. The maximum Gasteiger partial charge on any atom is 2.00 e. The third-order valence-electron chi connectivity index (χ3n) is 1.10. The van der Waals surface area contributed by atoms with E-state index in [1.165, 1.54) is 0 Å². The summed E-state index contributed by atoms with van der Waals surface area (Å²) in [6, 6.07) is 0. The minimum atomic E-state index is -1.44. The maximum atomic E-state index is 9.34. The van der Waals surface area contributed by atoms with Gasteiger partial charge in [-0.2, -0.15) is 0 Å². The van der Waals surface area contributed by atoms with Crippen molar-refractivity contribution in [3.63, 3.8) is 0 Å². The molecule has 0 saturated carbocycles. The molecule has 0 saturated heterocycles. The van der Waals surface area contributed by atoms with E-state index in [0.29, 0.717) is 0 Å². The fourth-order valence-electron chi connectivity index (χ4n) is 0.0577. The summed E-state index contributed by atoms with van der Waals surface area (Å²) < 4.78 is 0. The first-order valence-corrected chi connectivity index (χ1v) is 4.77. The number of aliphatic hydroxyl groups is 5. The number of carbonyl (C=O) groups excluding carboxylic acids is 2. The van der Waals surface area contributed by atoms with Crippen molar-refractivity contribution < 1.29 is 64.8 Å². The molecule has 9 nitrogen and oxygen atoms in total. The largest absolute Gasteiger partial charge is 2.00 e. The van der Waals surface area contributed by atoms with Crippen molar-refractivity contribution in [2.24, 2.45) is 0 Å². The van der Waals surface area contributed by atoms with E-state index in [4.69, 9.17) is 25.5 Å². The van der Waals surface area contributed by atoms with Crippen molar-refractivity contribution in [3.8, 4) is 0 Å². The Bertz CT molecular complexity index is 198. The van der Waals surface area contributed by atoms with E-state index < -0.39 is 30.3 Å². The maximum absolute atomic E-state index is 9.34. The quantitative estimate of drug-likeness (QED) is 0.313. The standard InChI is InChI=1S/C3H8O3.2C3H6O3.Zn/c4-1-3(6)2-5;2*1-2(4)3(5)6;/h3-6H,1-2H2;2*2,4H,1H3,(H,5,6);/q;;;+2/p-2. The Hall–Kier alpha value is -0.637. The van der Waals surface area contributed by atoms with Gasteiger partial charge in [0.05, 0.1) is 37.4 Å². The first-order chi connectivity index (χ1) is 8.09. The zero-order valence-corrected chi connectivity index (χ0v) is 13.7. The minimum absolute atomic E-state index is 0. The van der Waals surface area contributed by atoms with E-state index in [1.54, 1.807) is 0 Å². The molecule has 2 unspecified atom stereocenters. The first-order valence-electron chi connectivity index (χ1n) is 4.77. The fourth-order valence-corrected chi connectivity index (χ4v) is 0.0577. The van der Waals surface area contributed by atoms with Crippen LogP contribution in [0.15, 0.2) is 0 Å². The molecular formula is C9H18O9Zn. The SMILES string of the molecule is CC(O)C(=O)[O-].CC(O)C(=O)[O-].OCC(O)CO.[Zn+2]. The summed E-state index contributed by atoms with van der Waals surface area (Å²) in [7, 11) is 0. The summed E-state index contributed by atoms with van der Waals surface area (Å²) in [6.07, 6.45) is -3.64. The van der Waals surface area contributed by atoms with E-state index >= 15 is 0 Å². The van der Waals surface area contributed by atoms with Gasteiger partial charge < -0.3 is 45.3 Å². The Morgan fingerprint density at radius 3 is 1.05 bits per heavy atom. The van der Waals surface area contributed by atoms with Gasteiger partial charge in [0.1, 0.15) is 6.10 Å². The summed E-state index contributed by atoms with van der Waals surface area (Å²) in [6.45, 7) is 1.54. The molecule has 0 radical (unpaired) electrons. The van der Waals surface area contributed by atoms with Crippen LogP contribution >= 0.6 is 0 Å². The van der Waals surface area contributed by atoms with Gasteiger partial charge in [0.15, 0.2) is 0 Å². The number of aliphatic carboxylic acids is 2. The number of aliphatic hydroxyl groups excluding tert-OH is 5. The number of rotatable bonds is 4. The van der Waals surface area contributed by atoms with Crippen LogP contribution in [0.2, 0.25) is 0 Å². The van der Waals surface area contributed by atoms with Crippen molar-refractivity contribution in [3.05, 3.63) is 0 Å². The summed E-state index contributed by atoms with van der Waals surface area (Å²) in [5.41, 5.74) is 0. The third-order valence-corrected chi connectivity index (χ3v) is 1.10. The number of hydrogen-bond donors (Lipinski definition) is 5. The molecule has 19 heavy (non-hydrogen) atoms. The van der Waals surface area contributed by atoms with Crippen molar-refractivity contribution in [2.45, 2.75) is 32.2 Å². The van der Waals surface area contributed by atoms with Gasteiger partial charge in [-0.05, 0) is 13.8 Å². The Balaban J connectivity index is -0.0000000865. The molecule has 0 amide bonds. The van der Waals surface area contributed by atoms with Gasteiger partial charge >= 0.3 is 19.5 Å². The van der Waals surface area contributed by atoms with Gasteiger partial charge in [-0.25, -0.2) is 0 Å². The molecule has 0 fully saturated rings. The number of carboxylic acids is 2. The molecule has 110 valence electrons. The molecule has 0 aliphatic carbocycles. The molecule has 2 atom stereocenters. The molecular weight excluding hydrogens is 317 g/mol. The normalized spacial score (nSPS) is 11.8. The molecule has 0 spiro atoms. The Kier molecular flexibility index (Phi) is 24.5. The second-order valence-electron chi connectivity index (χ2n) is 3.01. The van der Waals surface area contributed by atoms with Crippen LogP contribution < -0.4 is 10.2 Å². The van der Waals surface area contributed by atoms with Crippen LogP contribution in [0, 0.1) is 0 Å². The van der Waals surface area contributed by atoms with Crippen LogP contribution in [-0.4, -0.2) is 69.0 Å². The van der Waals surface area contributed by atoms with Crippen LogP contribution in [0.5, 0.6) is 0 Å². The first kappa shape index (κ1) is 26.8. The fraction of sp³-hybridized carbons (Fsp3) is 0.778.